The van der Waals surface area contributed by atoms with Crippen molar-refractivity contribution in [3.05, 3.63) is 41.5 Å². The number of nitrogens with one attached hydrogen (secondary N) is 1. The van der Waals surface area contributed by atoms with Gasteiger partial charge in [-0.15, -0.1) is 6.58 Å². The Morgan fingerprint density at radius 3 is 2.73 bits per heavy atom. The normalized spacial score (nSPS) is 11.0. The minimum absolute atomic E-state index is 0.00834. The minimum atomic E-state index is -0.435. The van der Waals surface area contributed by atoms with Gasteiger partial charge in [-0.05, 0) is 44.0 Å². The number of phenolic OH excluding ortho intramolecular Hbond substituents is 1. The van der Waals surface area contributed by atoms with Gasteiger partial charge in [0.1, 0.15) is 11.6 Å². The lowest BCUT2D eigenvalue weighted by Gasteiger charge is -2.10. The van der Waals surface area contributed by atoms with Crippen molar-refractivity contribution in [2.24, 2.45) is 0 Å². The zero-order valence-electron chi connectivity index (χ0n) is 13.0. The standard InChI is InChI=1S/C17H20N2O3/c1-5-6-13-7-12(9-15(22-4)16(13)20)8-14(10-18)17(21)19-11(2)3/h5,7-9,11,20H,1,6H2,2-4H3,(H,19,21). The molecule has 0 radical (unpaired) electrons. The van der Waals surface area contributed by atoms with E-state index in [1.807, 2.05) is 19.9 Å². The fourth-order valence-electron chi connectivity index (χ4n) is 1.89. The quantitative estimate of drug-likeness (QED) is 0.480. The zero-order chi connectivity index (χ0) is 16.7. The molecule has 5 heteroatoms. The Labute approximate surface area is 130 Å². The second kappa shape index (κ2) is 7.89. The molecular formula is C17H20N2O3. The molecule has 0 fully saturated rings. The summed E-state index contributed by atoms with van der Waals surface area (Å²) in [4.78, 5) is 11.9. The molecule has 5 nitrogen and oxygen atoms in total. The van der Waals surface area contributed by atoms with Crippen molar-refractivity contribution < 1.29 is 14.6 Å². The number of rotatable bonds is 6. The molecule has 0 unspecified atom stereocenters. The molecule has 0 aliphatic rings. The monoisotopic (exact) mass is 300 g/mol. The average Bonchev–Trinajstić information content (AvgIpc) is 2.46. The van der Waals surface area contributed by atoms with Crippen molar-refractivity contribution in [2.75, 3.05) is 7.11 Å². The Hall–Kier alpha value is -2.74. The van der Waals surface area contributed by atoms with E-state index in [1.54, 1.807) is 18.2 Å². The number of phenols is 1. The first-order valence-electron chi connectivity index (χ1n) is 6.86. The summed E-state index contributed by atoms with van der Waals surface area (Å²) in [6.07, 6.45) is 3.56. The maximum Gasteiger partial charge on any atom is 0.262 e. The van der Waals surface area contributed by atoms with Crippen molar-refractivity contribution >= 4 is 12.0 Å². The molecule has 0 bridgehead atoms. The van der Waals surface area contributed by atoms with Gasteiger partial charge in [0.2, 0.25) is 0 Å². The van der Waals surface area contributed by atoms with Crippen LogP contribution in [0.2, 0.25) is 0 Å². The molecule has 1 rings (SSSR count). The Bertz CT molecular complexity index is 640. The number of amides is 1. The summed E-state index contributed by atoms with van der Waals surface area (Å²) in [6, 6.07) is 5.09. The number of aromatic hydroxyl groups is 1. The molecule has 116 valence electrons. The lowest BCUT2D eigenvalue weighted by molar-refractivity contribution is -0.117. The van der Waals surface area contributed by atoms with Gasteiger partial charge in [0.25, 0.3) is 5.91 Å². The fraction of sp³-hybridized carbons (Fsp3) is 0.294. The van der Waals surface area contributed by atoms with Crippen LogP contribution >= 0.6 is 0 Å². The lowest BCUT2D eigenvalue weighted by Crippen LogP contribution is -2.30. The van der Waals surface area contributed by atoms with Gasteiger partial charge in [0.05, 0.1) is 7.11 Å². The van der Waals surface area contributed by atoms with Crippen molar-refractivity contribution in [3.8, 4) is 17.6 Å². The van der Waals surface area contributed by atoms with Crippen LogP contribution in [0.25, 0.3) is 6.08 Å². The molecule has 2 N–H and O–H groups in total. The predicted octanol–water partition coefficient (Wildman–Crippen LogP) is 2.56. The number of allylic oxidation sites excluding steroid dienone is 1. The highest BCUT2D eigenvalue weighted by Gasteiger charge is 2.13. The summed E-state index contributed by atoms with van der Waals surface area (Å²) in [5, 5.41) is 21.8. The van der Waals surface area contributed by atoms with Gasteiger partial charge in [0, 0.05) is 11.6 Å². The molecule has 1 aromatic carbocycles. The number of ether oxygens (including phenoxy) is 1. The molecule has 0 atom stereocenters. The third-order valence-corrected chi connectivity index (χ3v) is 2.86. The number of carbonyl (C=O) groups excluding carboxylic acids is 1. The van der Waals surface area contributed by atoms with E-state index in [-0.39, 0.29) is 23.1 Å². The van der Waals surface area contributed by atoms with Crippen LogP contribution in [0.1, 0.15) is 25.0 Å². The van der Waals surface area contributed by atoms with Crippen molar-refractivity contribution in [3.63, 3.8) is 0 Å². The van der Waals surface area contributed by atoms with E-state index in [0.29, 0.717) is 17.5 Å². The van der Waals surface area contributed by atoms with Crippen LogP contribution < -0.4 is 10.1 Å². The number of nitrogens with zero attached hydrogens (tertiary/aromatic N) is 1. The number of carbonyl (C=O) groups is 1. The van der Waals surface area contributed by atoms with Crippen LogP contribution in [0.3, 0.4) is 0 Å². The molecular weight excluding hydrogens is 280 g/mol. The molecule has 0 saturated carbocycles. The topological polar surface area (TPSA) is 82.4 Å². The first kappa shape index (κ1) is 17.3. The van der Waals surface area contributed by atoms with Gasteiger partial charge in [-0.3, -0.25) is 4.79 Å². The summed E-state index contributed by atoms with van der Waals surface area (Å²) in [5.74, 6) is -0.119. The third kappa shape index (κ3) is 4.38. The van der Waals surface area contributed by atoms with Crippen LogP contribution in [-0.4, -0.2) is 24.2 Å². The number of nitriles is 1. The van der Waals surface area contributed by atoms with E-state index in [1.165, 1.54) is 13.2 Å². The van der Waals surface area contributed by atoms with Gasteiger partial charge in [-0.25, -0.2) is 0 Å². The Morgan fingerprint density at radius 2 is 2.23 bits per heavy atom. The molecule has 0 heterocycles. The van der Waals surface area contributed by atoms with Gasteiger partial charge in [-0.1, -0.05) is 6.08 Å². The number of methoxy groups -OCH3 is 1. The molecule has 0 spiro atoms. The molecule has 0 aromatic heterocycles. The van der Waals surface area contributed by atoms with Crippen LogP contribution in [0.4, 0.5) is 0 Å². The average molecular weight is 300 g/mol. The smallest absolute Gasteiger partial charge is 0.262 e. The van der Waals surface area contributed by atoms with Crippen molar-refractivity contribution in [2.45, 2.75) is 26.3 Å². The summed E-state index contributed by atoms with van der Waals surface area (Å²) in [7, 11) is 1.44. The number of hydrogen-bond acceptors (Lipinski definition) is 4. The molecule has 1 aromatic rings. The largest absolute Gasteiger partial charge is 0.504 e. The van der Waals surface area contributed by atoms with Crippen LogP contribution in [0.15, 0.2) is 30.4 Å². The first-order valence-corrected chi connectivity index (χ1v) is 6.86. The summed E-state index contributed by atoms with van der Waals surface area (Å²) in [6.45, 7) is 7.27. The Balaban J connectivity index is 3.27. The van der Waals surface area contributed by atoms with Crippen LogP contribution in [-0.2, 0) is 11.2 Å². The predicted molar refractivity (Wildman–Crippen MR) is 85.4 cm³/mol. The molecule has 0 aliphatic heterocycles. The first-order chi connectivity index (χ1) is 10.4. The molecule has 0 aliphatic carbocycles. The second-order valence-electron chi connectivity index (χ2n) is 5.02. The van der Waals surface area contributed by atoms with E-state index < -0.39 is 5.91 Å². The van der Waals surface area contributed by atoms with E-state index in [9.17, 15) is 9.90 Å². The maximum absolute atomic E-state index is 11.9. The second-order valence-corrected chi connectivity index (χ2v) is 5.02. The zero-order valence-corrected chi connectivity index (χ0v) is 13.0. The third-order valence-electron chi connectivity index (χ3n) is 2.86. The highest BCUT2D eigenvalue weighted by molar-refractivity contribution is 6.01. The Morgan fingerprint density at radius 1 is 1.55 bits per heavy atom. The SMILES string of the molecule is C=CCc1cc(C=C(C#N)C(=O)NC(C)C)cc(OC)c1O. The molecule has 0 saturated heterocycles. The number of hydrogen-bond donors (Lipinski definition) is 2. The van der Waals surface area contributed by atoms with Gasteiger partial charge < -0.3 is 15.2 Å². The highest BCUT2D eigenvalue weighted by atomic mass is 16.5. The minimum Gasteiger partial charge on any atom is -0.504 e. The van der Waals surface area contributed by atoms with Gasteiger partial charge in [-0.2, -0.15) is 5.26 Å². The molecule has 22 heavy (non-hydrogen) atoms. The van der Waals surface area contributed by atoms with Crippen LogP contribution in [0.5, 0.6) is 11.5 Å². The van der Waals surface area contributed by atoms with Gasteiger partial charge >= 0.3 is 0 Å². The lowest BCUT2D eigenvalue weighted by atomic mass is 10.0. The fourth-order valence-corrected chi connectivity index (χ4v) is 1.89. The van der Waals surface area contributed by atoms with E-state index in [4.69, 9.17) is 10.00 Å². The van der Waals surface area contributed by atoms with E-state index >= 15 is 0 Å². The van der Waals surface area contributed by atoms with Crippen molar-refractivity contribution in [1.29, 1.82) is 5.26 Å². The molecule has 1 amide bonds. The summed E-state index contributed by atoms with van der Waals surface area (Å²) < 4.78 is 5.12. The Kier molecular flexibility index (Phi) is 6.21. The van der Waals surface area contributed by atoms with E-state index in [2.05, 4.69) is 11.9 Å². The van der Waals surface area contributed by atoms with Gasteiger partial charge in [0.15, 0.2) is 11.5 Å². The number of benzene rings is 1. The summed E-state index contributed by atoms with van der Waals surface area (Å²) in [5.41, 5.74) is 1.20. The van der Waals surface area contributed by atoms with Crippen LogP contribution in [0, 0.1) is 11.3 Å². The van der Waals surface area contributed by atoms with E-state index in [0.717, 1.165) is 0 Å². The maximum atomic E-state index is 11.9. The highest BCUT2D eigenvalue weighted by Crippen LogP contribution is 2.32. The summed E-state index contributed by atoms with van der Waals surface area (Å²) >= 11 is 0. The van der Waals surface area contributed by atoms with Crippen molar-refractivity contribution in [1.82, 2.24) is 5.32 Å².